The van der Waals surface area contributed by atoms with Gasteiger partial charge in [-0.25, -0.2) is 0 Å². The molecule has 10 aromatic carbocycles. The zero-order chi connectivity index (χ0) is 42.2. The van der Waals surface area contributed by atoms with Crippen LogP contribution in [0.3, 0.4) is 0 Å². The third-order valence-corrected chi connectivity index (χ3v) is 18.6. The second-order valence-corrected chi connectivity index (χ2v) is 22.1. The van der Waals surface area contributed by atoms with Gasteiger partial charge >= 0.3 is 0 Å². The molecule has 10 aromatic rings. The fraction of sp³-hybridized carbons (Fsp3) is 0. The number of hydrogen-bond donors (Lipinski definition) is 0. The quantitative estimate of drug-likeness (QED) is 0.107. The van der Waals surface area contributed by atoms with Crippen molar-refractivity contribution in [3.63, 3.8) is 0 Å². The van der Waals surface area contributed by atoms with Crippen LogP contribution < -0.4 is 47.7 Å². The highest BCUT2D eigenvalue weighted by atomic mass is 31.1. The van der Waals surface area contributed by atoms with Gasteiger partial charge in [-0.3, -0.25) is 0 Å². The lowest BCUT2D eigenvalue weighted by Gasteiger charge is -2.21. The van der Waals surface area contributed by atoms with Crippen molar-refractivity contribution in [2.45, 2.75) is 0 Å². The number of benzene rings is 10. The predicted octanol–water partition coefficient (Wildman–Crippen LogP) is 12.0. The highest BCUT2D eigenvalue weighted by Gasteiger charge is 2.21. The van der Waals surface area contributed by atoms with E-state index in [-0.39, 0.29) is 0 Å². The summed E-state index contributed by atoms with van der Waals surface area (Å²) in [5, 5.41) is 12.1. The Labute approximate surface area is 375 Å². The minimum absolute atomic E-state index is 0.763. The lowest BCUT2D eigenvalue weighted by atomic mass is 9.93. The first kappa shape index (κ1) is 40.6. The van der Waals surface area contributed by atoms with E-state index in [2.05, 4.69) is 273 Å². The van der Waals surface area contributed by atoms with Gasteiger partial charge in [0.05, 0.1) is 0 Å². The molecule has 0 radical (unpaired) electrons. The summed E-state index contributed by atoms with van der Waals surface area (Å²) in [7, 11) is -2.29. The van der Waals surface area contributed by atoms with E-state index in [0.717, 1.165) is 0 Å². The molecule has 0 aliphatic carbocycles. The van der Waals surface area contributed by atoms with E-state index in [0.29, 0.717) is 0 Å². The van der Waals surface area contributed by atoms with E-state index in [1.54, 1.807) is 0 Å². The van der Waals surface area contributed by atoms with Gasteiger partial charge in [0.1, 0.15) is 0 Å². The Balaban J connectivity index is 1.14. The van der Waals surface area contributed by atoms with Crippen LogP contribution in [0, 0.1) is 0 Å². The molecule has 0 bridgehead atoms. The fourth-order valence-electron chi connectivity index (χ4n) is 8.41. The number of rotatable bonds is 12. The molecule has 0 aliphatic rings. The summed E-state index contributed by atoms with van der Waals surface area (Å²) < 4.78 is 0. The molecule has 0 amide bonds. The Bertz CT molecular complexity index is 2580. The van der Waals surface area contributed by atoms with Crippen LogP contribution >= 0.6 is 23.8 Å². The van der Waals surface area contributed by atoms with Gasteiger partial charge in [-0.05, 0) is 141 Å². The van der Waals surface area contributed by atoms with Crippen molar-refractivity contribution < 1.29 is 0 Å². The van der Waals surface area contributed by atoms with Crippen LogP contribution in [-0.4, -0.2) is 0 Å². The molecule has 0 N–H and O–H groups in total. The molecule has 0 spiro atoms. The maximum absolute atomic E-state index is 2.44. The second-order valence-electron chi connectivity index (χ2n) is 15.5. The summed E-state index contributed by atoms with van der Waals surface area (Å²) >= 11 is 0. The Morgan fingerprint density at radius 2 is 0.333 bits per heavy atom. The molecule has 3 heteroatoms. The Morgan fingerprint density at radius 3 is 0.540 bits per heavy atom. The normalized spacial score (nSPS) is 11.3. The lowest BCUT2D eigenvalue weighted by Crippen LogP contribution is -2.20. The average Bonchev–Trinajstić information content (AvgIpc) is 3.36. The summed E-state index contributed by atoms with van der Waals surface area (Å²) in [4.78, 5) is 0. The molecular weight excluding hydrogens is 814 g/mol. The lowest BCUT2D eigenvalue weighted by molar-refractivity contribution is 1.58. The van der Waals surface area contributed by atoms with Crippen molar-refractivity contribution in [1.82, 2.24) is 0 Å². The summed E-state index contributed by atoms with van der Waals surface area (Å²) in [5.41, 5.74) is 7.27. The van der Waals surface area contributed by atoms with Gasteiger partial charge in [0.2, 0.25) is 0 Å². The van der Waals surface area contributed by atoms with Gasteiger partial charge in [-0.1, -0.05) is 237 Å². The van der Waals surface area contributed by atoms with Crippen LogP contribution in [0.2, 0.25) is 0 Å². The molecule has 0 nitrogen and oxygen atoms in total. The summed E-state index contributed by atoms with van der Waals surface area (Å²) in [6.07, 6.45) is 0. The highest BCUT2D eigenvalue weighted by Crippen LogP contribution is 2.40. The molecule has 0 atom stereocenters. The van der Waals surface area contributed by atoms with Gasteiger partial charge in [0.15, 0.2) is 0 Å². The molecule has 0 saturated heterocycles. The minimum Gasteiger partial charge on any atom is -0.0622 e. The molecule has 0 aliphatic heterocycles. The zero-order valence-electron chi connectivity index (χ0n) is 34.8. The maximum Gasteiger partial charge on any atom is -0.0134 e. The van der Waals surface area contributed by atoms with E-state index in [9.17, 15) is 0 Å². The average molecular weight is 859 g/mol. The molecule has 10 rings (SSSR count). The monoisotopic (exact) mass is 858 g/mol. The molecule has 0 unspecified atom stereocenters. The van der Waals surface area contributed by atoms with Crippen LogP contribution in [0.1, 0.15) is 0 Å². The third-order valence-electron chi connectivity index (χ3n) is 11.3. The van der Waals surface area contributed by atoms with Crippen molar-refractivity contribution in [3.05, 3.63) is 273 Å². The van der Waals surface area contributed by atoms with E-state index >= 15 is 0 Å². The van der Waals surface area contributed by atoms with Crippen molar-refractivity contribution in [1.29, 1.82) is 0 Å². The second kappa shape index (κ2) is 19.3. The number of hydrogen-bond acceptors (Lipinski definition) is 0. The van der Waals surface area contributed by atoms with Gasteiger partial charge in [0, 0.05) is 0 Å². The Kier molecular flexibility index (Phi) is 12.4. The summed E-state index contributed by atoms with van der Waals surface area (Å²) in [6.45, 7) is 0. The van der Waals surface area contributed by atoms with Gasteiger partial charge in [-0.2, -0.15) is 0 Å². The molecule has 0 saturated carbocycles. The third kappa shape index (κ3) is 9.18. The SMILES string of the molecule is c1ccc(P(c2ccccc2)c2cccc(-c3cc(-c4cccc(P(c5ccccc5)c5ccccc5)c4)cc(-c4cccc(P(c5ccccc5)c5ccccc5)c4)c3)c2)cc1. The molecule has 300 valence electrons. The zero-order valence-corrected chi connectivity index (χ0v) is 37.5. The Hall–Kier alpha value is -6.51. The van der Waals surface area contributed by atoms with Crippen molar-refractivity contribution in [3.8, 4) is 33.4 Å². The topological polar surface area (TPSA) is 0 Å². The van der Waals surface area contributed by atoms with E-state index in [1.807, 2.05) is 0 Å². The maximum atomic E-state index is 2.44. The van der Waals surface area contributed by atoms with Crippen LogP contribution in [0.4, 0.5) is 0 Å². The van der Waals surface area contributed by atoms with Crippen LogP contribution in [0.15, 0.2) is 273 Å². The van der Waals surface area contributed by atoms with E-state index in [4.69, 9.17) is 0 Å². The first-order valence-electron chi connectivity index (χ1n) is 21.4. The van der Waals surface area contributed by atoms with E-state index < -0.39 is 23.8 Å². The minimum atomic E-state index is -0.763. The molecule has 0 heterocycles. The molecular formula is C60H45P3. The summed E-state index contributed by atoms with van der Waals surface area (Å²) in [5.74, 6) is 0. The van der Waals surface area contributed by atoms with Crippen LogP contribution in [0.5, 0.6) is 0 Å². The first-order valence-corrected chi connectivity index (χ1v) is 25.4. The fourth-order valence-corrected chi connectivity index (χ4v) is 15.4. The predicted molar refractivity (Wildman–Crippen MR) is 279 cm³/mol. The van der Waals surface area contributed by atoms with Gasteiger partial charge < -0.3 is 0 Å². The van der Waals surface area contributed by atoms with Crippen molar-refractivity contribution >= 4 is 71.5 Å². The van der Waals surface area contributed by atoms with Gasteiger partial charge in [-0.15, -0.1) is 0 Å². The van der Waals surface area contributed by atoms with E-state index in [1.165, 1.54) is 81.1 Å². The molecule has 63 heavy (non-hydrogen) atoms. The van der Waals surface area contributed by atoms with Crippen molar-refractivity contribution in [2.24, 2.45) is 0 Å². The Morgan fingerprint density at radius 1 is 0.143 bits per heavy atom. The van der Waals surface area contributed by atoms with Crippen LogP contribution in [-0.2, 0) is 0 Å². The smallest absolute Gasteiger partial charge is 0.0134 e. The highest BCUT2D eigenvalue weighted by molar-refractivity contribution is 7.80. The van der Waals surface area contributed by atoms with Gasteiger partial charge in [0.25, 0.3) is 0 Å². The van der Waals surface area contributed by atoms with Crippen molar-refractivity contribution in [2.75, 3.05) is 0 Å². The standard InChI is InChI=1S/C60H45P3/c1-7-25-52(26-8-1)61(53-27-9-2-10-28-53)58-37-19-22-46(43-58)49-40-50(47-23-20-38-59(44-47)62(54-29-11-3-12-30-54)55-31-13-4-14-32-55)42-51(41-49)48-24-21-39-60(45-48)63(56-33-15-5-16-34-56)57-35-17-6-18-36-57/h1-45H. The van der Waals surface area contributed by atoms with Crippen LogP contribution in [0.25, 0.3) is 33.4 Å². The first-order chi connectivity index (χ1) is 31.2. The summed E-state index contributed by atoms with van der Waals surface area (Å²) in [6, 6.07) is 101. The largest absolute Gasteiger partial charge is 0.0622 e. The molecule has 0 aromatic heterocycles. The molecule has 0 fully saturated rings.